The largest absolute Gasteiger partial charge is 0.394 e. The summed E-state index contributed by atoms with van der Waals surface area (Å²) in [6, 6.07) is 8.27. The number of likely N-dealkylation sites (N-methyl/N-ethyl adjacent to an activating group) is 1. The van der Waals surface area contributed by atoms with E-state index in [9.17, 15) is 5.11 Å². The molecule has 0 saturated carbocycles. The minimum atomic E-state index is -0.217. The lowest BCUT2D eigenvalue weighted by molar-refractivity contribution is 0.163. The van der Waals surface area contributed by atoms with Gasteiger partial charge in [-0.05, 0) is 31.5 Å². The highest BCUT2D eigenvalue weighted by Crippen LogP contribution is 2.23. The fourth-order valence-corrected chi connectivity index (χ4v) is 2.28. The molecule has 0 spiro atoms. The lowest BCUT2D eigenvalue weighted by atomic mass is 9.89. The van der Waals surface area contributed by atoms with Crippen molar-refractivity contribution in [2.24, 2.45) is 0 Å². The number of H-pyrrole nitrogens is 1. The SMILES string of the molecule is CC[C@@](CO)(Cc1c[nH]c2ccccc12)NC. The Morgan fingerprint density at radius 2 is 2.12 bits per heavy atom. The first-order chi connectivity index (χ1) is 8.24. The maximum atomic E-state index is 9.57. The molecule has 0 aliphatic carbocycles. The molecule has 1 aromatic heterocycles. The molecule has 0 unspecified atom stereocenters. The third-order valence-corrected chi connectivity index (χ3v) is 3.71. The maximum absolute atomic E-state index is 9.57. The summed E-state index contributed by atoms with van der Waals surface area (Å²) in [6.45, 7) is 2.25. The summed E-state index contributed by atoms with van der Waals surface area (Å²) in [5, 5.41) is 14.1. The summed E-state index contributed by atoms with van der Waals surface area (Å²) < 4.78 is 0. The van der Waals surface area contributed by atoms with Crippen LogP contribution < -0.4 is 5.32 Å². The topological polar surface area (TPSA) is 48.0 Å². The number of aromatic nitrogens is 1. The van der Waals surface area contributed by atoms with Gasteiger partial charge in [-0.3, -0.25) is 0 Å². The van der Waals surface area contributed by atoms with Gasteiger partial charge in [0.25, 0.3) is 0 Å². The molecule has 1 aromatic carbocycles. The van der Waals surface area contributed by atoms with E-state index >= 15 is 0 Å². The van der Waals surface area contributed by atoms with E-state index in [2.05, 4.69) is 29.4 Å². The van der Waals surface area contributed by atoms with Crippen LogP contribution in [0.15, 0.2) is 30.5 Å². The number of aliphatic hydroxyl groups is 1. The van der Waals surface area contributed by atoms with E-state index in [1.165, 1.54) is 10.9 Å². The first kappa shape index (κ1) is 12.1. The monoisotopic (exact) mass is 232 g/mol. The molecule has 3 N–H and O–H groups in total. The molecule has 0 fully saturated rings. The van der Waals surface area contributed by atoms with Crippen LogP contribution >= 0.6 is 0 Å². The second kappa shape index (κ2) is 4.90. The molecule has 0 aliphatic rings. The molecular weight excluding hydrogens is 212 g/mol. The predicted octanol–water partition coefficient (Wildman–Crippen LogP) is 2.07. The quantitative estimate of drug-likeness (QED) is 0.739. The summed E-state index contributed by atoms with van der Waals surface area (Å²) in [4.78, 5) is 3.27. The lowest BCUT2D eigenvalue weighted by Crippen LogP contribution is -2.47. The van der Waals surface area contributed by atoms with Crippen LogP contribution in [0, 0.1) is 0 Å². The van der Waals surface area contributed by atoms with Crippen molar-refractivity contribution in [3.05, 3.63) is 36.0 Å². The van der Waals surface area contributed by atoms with Gasteiger partial charge in [-0.1, -0.05) is 25.1 Å². The molecular formula is C14H20N2O. The van der Waals surface area contributed by atoms with Gasteiger partial charge in [-0.25, -0.2) is 0 Å². The molecule has 1 heterocycles. The number of para-hydroxylation sites is 1. The number of fused-ring (bicyclic) bond motifs is 1. The summed E-state index contributed by atoms with van der Waals surface area (Å²) in [6.07, 6.45) is 3.78. The number of aliphatic hydroxyl groups excluding tert-OH is 1. The van der Waals surface area contributed by atoms with E-state index in [0.717, 1.165) is 18.4 Å². The molecule has 3 heteroatoms. The van der Waals surface area contributed by atoms with Crippen LogP contribution in [-0.4, -0.2) is 29.3 Å². The van der Waals surface area contributed by atoms with Crippen LogP contribution in [-0.2, 0) is 6.42 Å². The molecule has 17 heavy (non-hydrogen) atoms. The van der Waals surface area contributed by atoms with E-state index in [-0.39, 0.29) is 12.1 Å². The third-order valence-electron chi connectivity index (χ3n) is 3.71. The summed E-state index contributed by atoms with van der Waals surface area (Å²) in [7, 11) is 1.91. The molecule has 0 radical (unpaired) electrons. The van der Waals surface area contributed by atoms with Gasteiger partial charge in [-0.15, -0.1) is 0 Å². The second-order valence-corrected chi connectivity index (χ2v) is 4.58. The van der Waals surface area contributed by atoms with E-state index in [4.69, 9.17) is 0 Å². The number of rotatable bonds is 5. The Morgan fingerprint density at radius 1 is 1.35 bits per heavy atom. The van der Waals surface area contributed by atoms with Crippen LogP contribution in [0.3, 0.4) is 0 Å². The Morgan fingerprint density at radius 3 is 2.76 bits per heavy atom. The molecule has 0 aliphatic heterocycles. The summed E-state index contributed by atoms with van der Waals surface area (Å²) in [5.41, 5.74) is 2.19. The highest BCUT2D eigenvalue weighted by molar-refractivity contribution is 5.83. The zero-order valence-electron chi connectivity index (χ0n) is 10.5. The maximum Gasteiger partial charge on any atom is 0.0616 e. The molecule has 0 saturated heterocycles. The Bertz CT molecular complexity index is 477. The molecule has 0 bridgehead atoms. The van der Waals surface area contributed by atoms with Gasteiger partial charge in [0.2, 0.25) is 0 Å². The highest BCUT2D eigenvalue weighted by Gasteiger charge is 2.26. The molecule has 2 rings (SSSR count). The third kappa shape index (κ3) is 2.21. The fourth-order valence-electron chi connectivity index (χ4n) is 2.28. The minimum absolute atomic E-state index is 0.152. The van der Waals surface area contributed by atoms with Crippen LogP contribution in [0.4, 0.5) is 0 Å². The van der Waals surface area contributed by atoms with Gasteiger partial charge in [0.05, 0.1) is 6.61 Å². The number of hydrogen-bond acceptors (Lipinski definition) is 2. The molecule has 1 atom stereocenters. The van der Waals surface area contributed by atoms with E-state index in [0.29, 0.717) is 0 Å². The van der Waals surface area contributed by atoms with Crippen molar-refractivity contribution in [2.45, 2.75) is 25.3 Å². The van der Waals surface area contributed by atoms with Gasteiger partial charge >= 0.3 is 0 Å². The van der Waals surface area contributed by atoms with Gasteiger partial charge in [-0.2, -0.15) is 0 Å². The Kier molecular flexibility index (Phi) is 3.50. The Labute approximate surface area is 102 Å². The van der Waals surface area contributed by atoms with Crippen LogP contribution in [0.2, 0.25) is 0 Å². The van der Waals surface area contributed by atoms with Crippen LogP contribution in [0.5, 0.6) is 0 Å². The van der Waals surface area contributed by atoms with Crippen molar-refractivity contribution in [3.8, 4) is 0 Å². The Hall–Kier alpha value is -1.32. The van der Waals surface area contributed by atoms with Crippen molar-refractivity contribution in [1.29, 1.82) is 0 Å². The molecule has 0 amide bonds. The highest BCUT2D eigenvalue weighted by atomic mass is 16.3. The van der Waals surface area contributed by atoms with Crippen molar-refractivity contribution in [3.63, 3.8) is 0 Å². The van der Waals surface area contributed by atoms with Crippen molar-refractivity contribution in [2.75, 3.05) is 13.7 Å². The van der Waals surface area contributed by atoms with Gasteiger partial charge in [0.15, 0.2) is 0 Å². The summed E-state index contributed by atoms with van der Waals surface area (Å²) >= 11 is 0. The second-order valence-electron chi connectivity index (χ2n) is 4.58. The number of aromatic amines is 1. The average Bonchev–Trinajstić information content (AvgIpc) is 2.79. The van der Waals surface area contributed by atoms with Crippen molar-refractivity contribution < 1.29 is 5.11 Å². The zero-order valence-corrected chi connectivity index (χ0v) is 10.5. The fraction of sp³-hybridized carbons (Fsp3) is 0.429. The van der Waals surface area contributed by atoms with E-state index in [1.54, 1.807) is 0 Å². The summed E-state index contributed by atoms with van der Waals surface area (Å²) in [5.74, 6) is 0. The number of nitrogens with one attached hydrogen (secondary N) is 2. The average molecular weight is 232 g/mol. The lowest BCUT2D eigenvalue weighted by Gasteiger charge is -2.30. The predicted molar refractivity (Wildman–Crippen MR) is 71.2 cm³/mol. The van der Waals surface area contributed by atoms with Crippen molar-refractivity contribution >= 4 is 10.9 Å². The van der Waals surface area contributed by atoms with Gasteiger partial charge < -0.3 is 15.4 Å². The molecule has 92 valence electrons. The standard InChI is InChI=1S/C14H20N2O/c1-3-14(10-17,15-2)8-11-9-16-13-7-5-4-6-12(11)13/h4-7,9,15-17H,3,8,10H2,1-2H3/t14-/m0/s1. The zero-order chi connectivity index (χ0) is 12.3. The number of benzene rings is 1. The molecule has 3 nitrogen and oxygen atoms in total. The minimum Gasteiger partial charge on any atom is -0.394 e. The Balaban J connectivity index is 2.34. The first-order valence-corrected chi connectivity index (χ1v) is 6.09. The van der Waals surface area contributed by atoms with Crippen LogP contribution in [0.25, 0.3) is 10.9 Å². The normalized spacial score (nSPS) is 15.0. The van der Waals surface area contributed by atoms with Crippen molar-refractivity contribution in [1.82, 2.24) is 10.3 Å². The van der Waals surface area contributed by atoms with Gasteiger partial charge in [0, 0.05) is 22.6 Å². The van der Waals surface area contributed by atoms with Crippen LogP contribution in [0.1, 0.15) is 18.9 Å². The van der Waals surface area contributed by atoms with Gasteiger partial charge in [0.1, 0.15) is 0 Å². The number of hydrogen-bond donors (Lipinski definition) is 3. The first-order valence-electron chi connectivity index (χ1n) is 6.09. The van der Waals surface area contributed by atoms with E-state index < -0.39 is 0 Å². The smallest absolute Gasteiger partial charge is 0.0616 e. The molecule has 2 aromatic rings. The van der Waals surface area contributed by atoms with E-state index in [1.807, 2.05) is 25.4 Å².